The predicted octanol–water partition coefficient (Wildman–Crippen LogP) is 3.80. The zero-order chi connectivity index (χ0) is 24.4. The molecule has 0 unspecified atom stereocenters. The molecule has 0 aromatic heterocycles. The Labute approximate surface area is 201 Å². The lowest BCUT2D eigenvalue weighted by Crippen LogP contribution is -2.48. The molecule has 0 amide bonds. The number of hydrogen-bond acceptors (Lipinski definition) is 5. The number of piperidine rings is 1. The van der Waals surface area contributed by atoms with Crippen LogP contribution in [0.4, 0.5) is 0 Å². The summed E-state index contributed by atoms with van der Waals surface area (Å²) in [5, 5.41) is 28.6. The molecule has 2 aliphatic rings. The van der Waals surface area contributed by atoms with Crippen molar-refractivity contribution in [3.63, 3.8) is 0 Å². The van der Waals surface area contributed by atoms with Crippen LogP contribution in [0.2, 0.25) is 0 Å². The van der Waals surface area contributed by atoms with E-state index in [2.05, 4.69) is 70.9 Å². The first kappa shape index (κ1) is 25.4. The summed E-state index contributed by atoms with van der Waals surface area (Å²) in [5.74, 6) is -3.65. The van der Waals surface area contributed by atoms with E-state index in [0.29, 0.717) is 12.1 Å². The highest BCUT2D eigenvalue weighted by Gasteiger charge is 2.37. The molecule has 0 radical (unpaired) electrons. The highest BCUT2D eigenvalue weighted by atomic mass is 16.4. The minimum atomic E-state index is -1.82. The van der Waals surface area contributed by atoms with Gasteiger partial charge >= 0.3 is 11.9 Å². The molecule has 7 nitrogen and oxygen atoms in total. The van der Waals surface area contributed by atoms with E-state index in [1.807, 2.05) is 6.07 Å². The maximum absolute atomic E-state index is 9.88. The molecule has 1 saturated carbocycles. The van der Waals surface area contributed by atoms with Crippen LogP contribution >= 0.6 is 0 Å². The second-order valence-corrected chi connectivity index (χ2v) is 9.15. The van der Waals surface area contributed by atoms with Gasteiger partial charge in [0.15, 0.2) is 0 Å². The number of hydrogen-bond donors (Lipinski definition) is 3. The number of nitrogens with zero attached hydrogens (tertiary/aromatic N) is 2. The standard InChI is InChI=1S/C25H31N3.C2H2O4/c26-20-25(22-9-5-2-6-10-22)15-11-23(12-16-25)27-24-13-17-28(18-14-24)19-21-7-3-1-4-8-21;3-1(4)2(5)6/h1-10,23-24,27H,11-19H2;(H,3,4)(H,5,6). The first-order valence-corrected chi connectivity index (χ1v) is 11.9. The molecular formula is C27H33N3O4. The Morgan fingerprint density at radius 3 is 1.88 bits per heavy atom. The highest BCUT2D eigenvalue weighted by Crippen LogP contribution is 2.39. The molecule has 1 saturated heterocycles. The van der Waals surface area contributed by atoms with Gasteiger partial charge in [-0.25, -0.2) is 9.59 Å². The average molecular weight is 464 g/mol. The van der Waals surface area contributed by atoms with Crippen LogP contribution in [0.25, 0.3) is 0 Å². The number of likely N-dealkylation sites (tertiary alicyclic amines) is 1. The lowest BCUT2D eigenvalue weighted by Gasteiger charge is -2.39. The number of nitrogens with one attached hydrogen (secondary N) is 1. The van der Waals surface area contributed by atoms with Crippen molar-refractivity contribution in [2.75, 3.05) is 13.1 Å². The predicted molar refractivity (Wildman–Crippen MR) is 129 cm³/mol. The fraction of sp³-hybridized carbons (Fsp3) is 0.444. The Bertz CT molecular complexity index is 946. The second-order valence-electron chi connectivity index (χ2n) is 9.15. The minimum absolute atomic E-state index is 0.279. The van der Waals surface area contributed by atoms with Gasteiger partial charge in [0.2, 0.25) is 0 Å². The van der Waals surface area contributed by atoms with Crippen molar-refractivity contribution in [3.05, 3.63) is 71.8 Å². The van der Waals surface area contributed by atoms with Crippen LogP contribution in [0.15, 0.2) is 60.7 Å². The molecule has 0 atom stereocenters. The van der Waals surface area contributed by atoms with Crippen LogP contribution in [0.5, 0.6) is 0 Å². The van der Waals surface area contributed by atoms with Crippen LogP contribution < -0.4 is 5.32 Å². The van der Waals surface area contributed by atoms with Crippen molar-refractivity contribution < 1.29 is 19.8 Å². The quantitative estimate of drug-likeness (QED) is 0.578. The zero-order valence-corrected chi connectivity index (χ0v) is 19.4. The number of aliphatic carboxylic acids is 2. The number of carboxylic acids is 2. The van der Waals surface area contributed by atoms with Gasteiger partial charge in [-0.15, -0.1) is 0 Å². The van der Waals surface area contributed by atoms with Crippen molar-refractivity contribution in [3.8, 4) is 6.07 Å². The van der Waals surface area contributed by atoms with Gasteiger partial charge in [0.05, 0.1) is 11.5 Å². The van der Waals surface area contributed by atoms with E-state index >= 15 is 0 Å². The van der Waals surface area contributed by atoms with E-state index in [4.69, 9.17) is 19.8 Å². The molecular weight excluding hydrogens is 430 g/mol. The molecule has 4 rings (SSSR count). The first-order chi connectivity index (χ1) is 16.4. The molecule has 3 N–H and O–H groups in total. The van der Waals surface area contributed by atoms with Crippen molar-refractivity contribution >= 4 is 11.9 Å². The van der Waals surface area contributed by atoms with Gasteiger partial charge < -0.3 is 15.5 Å². The summed E-state index contributed by atoms with van der Waals surface area (Å²) in [4.78, 5) is 20.8. The Morgan fingerprint density at radius 2 is 1.38 bits per heavy atom. The maximum atomic E-state index is 9.88. The lowest BCUT2D eigenvalue weighted by atomic mass is 9.69. The average Bonchev–Trinajstić information content (AvgIpc) is 2.87. The Balaban J connectivity index is 0.000000481. The van der Waals surface area contributed by atoms with Crippen LogP contribution in [0.3, 0.4) is 0 Å². The molecule has 2 aromatic rings. The zero-order valence-electron chi connectivity index (χ0n) is 19.4. The third kappa shape index (κ3) is 7.14. The largest absolute Gasteiger partial charge is 0.473 e. The minimum Gasteiger partial charge on any atom is -0.473 e. The summed E-state index contributed by atoms with van der Waals surface area (Å²) < 4.78 is 0. The molecule has 1 heterocycles. The number of carboxylic acid groups (broad SMARTS) is 2. The van der Waals surface area contributed by atoms with Gasteiger partial charge in [-0.3, -0.25) is 4.90 Å². The van der Waals surface area contributed by atoms with E-state index in [1.165, 1.54) is 37.1 Å². The second kappa shape index (κ2) is 12.3. The molecule has 2 fully saturated rings. The normalized spacial score (nSPS) is 23.2. The summed E-state index contributed by atoms with van der Waals surface area (Å²) >= 11 is 0. The van der Waals surface area contributed by atoms with Crippen LogP contribution in [-0.4, -0.2) is 52.2 Å². The van der Waals surface area contributed by atoms with Gasteiger partial charge in [0, 0.05) is 18.6 Å². The molecule has 180 valence electrons. The molecule has 34 heavy (non-hydrogen) atoms. The lowest BCUT2D eigenvalue weighted by molar-refractivity contribution is -0.159. The summed E-state index contributed by atoms with van der Waals surface area (Å²) in [6.45, 7) is 3.41. The summed E-state index contributed by atoms with van der Waals surface area (Å²) in [6, 6.07) is 25.0. The molecule has 0 bridgehead atoms. The smallest absolute Gasteiger partial charge is 0.414 e. The van der Waals surface area contributed by atoms with E-state index in [1.54, 1.807) is 0 Å². The van der Waals surface area contributed by atoms with Crippen molar-refractivity contribution in [2.24, 2.45) is 0 Å². The Hall–Kier alpha value is -3.21. The molecule has 7 heteroatoms. The molecule has 1 aliphatic heterocycles. The maximum Gasteiger partial charge on any atom is 0.414 e. The van der Waals surface area contributed by atoms with Gasteiger partial charge in [0.1, 0.15) is 0 Å². The number of rotatable bonds is 5. The van der Waals surface area contributed by atoms with Crippen LogP contribution in [0, 0.1) is 11.3 Å². The van der Waals surface area contributed by atoms with Crippen molar-refractivity contribution in [2.45, 2.75) is 62.6 Å². The SMILES string of the molecule is N#CC1(c2ccccc2)CCC(NC2CCN(Cc3ccccc3)CC2)CC1.O=C(O)C(=O)O. The number of carbonyl (C=O) groups is 2. The fourth-order valence-corrected chi connectivity index (χ4v) is 4.93. The Morgan fingerprint density at radius 1 is 0.882 bits per heavy atom. The van der Waals surface area contributed by atoms with Gasteiger partial charge in [-0.1, -0.05) is 60.7 Å². The third-order valence-corrected chi connectivity index (χ3v) is 6.87. The van der Waals surface area contributed by atoms with Crippen molar-refractivity contribution in [1.29, 1.82) is 5.26 Å². The number of nitriles is 1. The van der Waals surface area contributed by atoms with Gasteiger partial charge in [-0.05, 0) is 62.7 Å². The molecule has 2 aromatic carbocycles. The topological polar surface area (TPSA) is 114 Å². The summed E-state index contributed by atoms with van der Waals surface area (Å²) in [7, 11) is 0. The van der Waals surface area contributed by atoms with E-state index in [-0.39, 0.29) is 5.41 Å². The Kier molecular flexibility index (Phi) is 9.20. The van der Waals surface area contributed by atoms with E-state index in [0.717, 1.165) is 32.2 Å². The fourth-order valence-electron chi connectivity index (χ4n) is 4.93. The van der Waals surface area contributed by atoms with Gasteiger partial charge in [0.25, 0.3) is 0 Å². The van der Waals surface area contributed by atoms with Crippen molar-refractivity contribution in [1.82, 2.24) is 10.2 Å². The third-order valence-electron chi connectivity index (χ3n) is 6.87. The van der Waals surface area contributed by atoms with Crippen LogP contribution in [-0.2, 0) is 21.5 Å². The summed E-state index contributed by atoms with van der Waals surface area (Å²) in [6.07, 6.45) is 6.60. The molecule has 1 aliphatic carbocycles. The van der Waals surface area contributed by atoms with Gasteiger partial charge in [-0.2, -0.15) is 5.26 Å². The monoisotopic (exact) mass is 463 g/mol. The highest BCUT2D eigenvalue weighted by molar-refractivity contribution is 6.27. The first-order valence-electron chi connectivity index (χ1n) is 11.9. The van der Waals surface area contributed by atoms with Crippen LogP contribution in [0.1, 0.15) is 49.7 Å². The number of benzene rings is 2. The summed E-state index contributed by atoms with van der Waals surface area (Å²) in [5.41, 5.74) is 2.33. The van der Waals surface area contributed by atoms with E-state index in [9.17, 15) is 5.26 Å². The molecule has 0 spiro atoms. The van der Waals surface area contributed by atoms with E-state index < -0.39 is 11.9 Å².